The van der Waals surface area contributed by atoms with Crippen molar-refractivity contribution in [2.24, 2.45) is 11.3 Å². The van der Waals surface area contributed by atoms with Crippen molar-refractivity contribution in [1.82, 2.24) is 10.2 Å². The van der Waals surface area contributed by atoms with E-state index in [0.717, 1.165) is 18.5 Å². The van der Waals surface area contributed by atoms with E-state index in [1.54, 1.807) is 0 Å². The van der Waals surface area contributed by atoms with Gasteiger partial charge in [0.1, 0.15) is 0 Å². The van der Waals surface area contributed by atoms with Crippen LogP contribution in [0.15, 0.2) is 0 Å². The van der Waals surface area contributed by atoms with Crippen molar-refractivity contribution in [2.45, 2.75) is 84.7 Å². The van der Waals surface area contributed by atoms with Crippen LogP contribution in [0.4, 0.5) is 0 Å². The summed E-state index contributed by atoms with van der Waals surface area (Å²) in [6.07, 6.45) is 9.93. The molecule has 0 aromatic rings. The molecule has 1 saturated carbocycles. The normalized spacial score (nSPS) is 29.4. The third-order valence-corrected chi connectivity index (χ3v) is 5.52. The maximum Gasteiger partial charge on any atom is 0.0128 e. The summed E-state index contributed by atoms with van der Waals surface area (Å²) in [7, 11) is 0. The van der Waals surface area contributed by atoms with Gasteiger partial charge in [0.05, 0.1) is 0 Å². The topological polar surface area (TPSA) is 15.3 Å². The van der Waals surface area contributed by atoms with Gasteiger partial charge in [-0.3, -0.25) is 0 Å². The van der Waals surface area contributed by atoms with Crippen LogP contribution in [0, 0.1) is 11.3 Å². The summed E-state index contributed by atoms with van der Waals surface area (Å²) in [6.45, 7) is 13.2. The lowest BCUT2D eigenvalue weighted by Gasteiger charge is -2.36. The molecule has 0 bridgehead atoms. The minimum atomic E-state index is 0.376. The van der Waals surface area contributed by atoms with Crippen LogP contribution >= 0.6 is 0 Å². The Morgan fingerprint density at radius 2 is 1.90 bits per heavy atom. The molecule has 1 saturated heterocycles. The van der Waals surface area contributed by atoms with Crippen molar-refractivity contribution in [2.75, 3.05) is 19.6 Å². The second-order valence-electron chi connectivity index (χ2n) is 8.10. The molecule has 1 aliphatic carbocycles. The summed E-state index contributed by atoms with van der Waals surface area (Å²) in [6, 6.07) is 1.58. The molecular weight excluding hydrogens is 244 g/mol. The van der Waals surface area contributed by atoms with Gasteiger partial charge in [0.15, 0.2) is 0 Å². The summed E-state index contributed by atoms with van der Waals surface area (Å²) in [4.78, 5) is 2.82. The first-order valence-corrected chi connectivity index (χ1v) is 8.99. The fourth-order valence-electron chi connectivity index (χ4n) is 4.24. The largest absolute Gasteiger partial charge is 0.313 e. The molecular formula is C18H36N2. The number of hydrogen-bond donors (Lipinski definition) is 1. The first-order chi connectivity index (χ1) is 9.52. The van der Waals surface area contributed by atoms with E-state index in [0.29, 0.717) is 11.5 Å². The molecule has 118 valence electrons. The zero-order valence-electron chi connectivity index (χ0n) is 14.3. The van der Waals surface area contributed by atoms with Gasteiger partial charge in [0.25, 0.3) is 0 Å². The van der Waals surface area contributed by atoms with Gasteiger partial charge in [-0.05, 0) is 63.1 Å². The smallest absolute Gasteiger partial charge is 0.0128 e. The van der Waals surface area contributed by atoms with Gasteiger partial charge in [0, 0.05) is 12.1 Å². The third kappa shape index (κ3) is 4.21. The van der Waals surface area contributed by atoms with Gasteiger partial charge < -0.3 is 10.2 Å². The fourth-order valence-corrected chi connectivity index (χ4v) is 4.24. The number of likely N-dealkylation sites (tertiary alicyclic amines) is 1. The maximum absolute atomic E-state index is 3.78. The average molecular weight is 280 g/mol. The number of nitrogens with one attached hydrogen (secondary N) is 1. The molecule has 0 aromatic carbocycles. The molecule has 0 amide bonds. The van der Waals surface area contributed by atoms with E-state index in [9.17, 15) is 0 Å². The number of hydrogen-bond acceptors (Lipinski definition) is 2. The summed E-state index contributed by atoms with van der Waals surface area (Å²) in [5.41, 5.74) is 0.376. The Kier molecular flexibility index (Phi) is 5.92. The zero-order valence-corrected chi connectivity index (χ0v) is 14.3. The Morgan fingerprint density at radius 3 is 2.60 bits per heavy atom. The van der Waals surface area contributed by atoms with Crippen LogP contribution in [-0.2, 0) is 0 Å². The molecule has 0 aromatic heterocycles. The van der Waals surface area contributed by atoms with E-state index in [-0.39, 0.29) is 0 Å². The number of fused-ring (bicyclic) bond motifs is 1. The molecule has 2 aliphatic rings. The van der Waals surface area contributed by atoms with E-state index in [2.05, 4.69) is 37.9 Å². The summed E-state index contributed by atoms with van der Waals surface area (Å²) in [5, 5.41) is 3.78. The molecule has 1 aliphatic heterocycles. The molecule has 3 unspecified atom stereocenters. The second kappa shape index (κ2) is 7.26. The van der Waals surface area contributed by atoms with Crippen LogP contribution in [-0.4, -0.2) is 36.6 Å². The Balaban J connectivity index is 1.82. The van der Waals surface area contributed by atoms with Crippen LogP contribution < -0.4 is 5.32 Å². The summed E-state index contributed by atoms with van der Waals surface area (Å²) in [5.74, 6) is 1.03. The van der Waals surface area contributed by atoms with Crippen LogP contribution in [0.2, 0.25) is 0 Å². The minimum absolute atomic E-state index is 0.376. The molecule has 1 heterocycles. The predicted molar refractivity (Wildman–Crippen MR) is 88.1 cm³/mol. The molecule has 2 fully saturated rings. The lowest BCUT2D eigenvalue weighted by atomic mass is 9.83. The van der Waals surface area contributed by atoms with E-state index in [1.165, 1.54) is 58.0 Å². The van der Waals surface area contributed by atoms with Crippen molar-refractivity contribution in [3.05, 3.63) is 0 Å². The van der Waals surface area contributed by atoms with Crippen molar-refractivity contribution >= 4 is 0 Å². The van der Waals surface area contributed by atoms with Crippen molar-refractivity contribution in [3.63, 3.8) is 0 Å². The number of rotatable bonds is 6. The van der Waals surface area contributed by atoms with E-state index in [1.807, 2.05) is 0 Å². The van der Waals surface area contributed by atoms with Gasteiger partial charge in [0.2, 0.25) is 0 Å². The molecule has 0 radical (unpaired) electrons. The highest BCUT2D eigenvalue weighted by molar-refractivity contribution is 4.91. The summed E-state index contributed by atoms with van der Waals surface area (Å²) >= 11 is 0. The van der Waals surface area contributed by atoms with Gasteiger partial charge in [-0.15, -0.1) is 0 Å². The van der Waals surface area contributed by atoms with Crippen molar-refractivity contribution < 1.29 is 0 Å². The first kappa shape index (κ1) is 16.3. The van der Waals surface area contributed by atoms with Gasteiger partial charge in [-0.2, -0.15) is 0 Å². The standard InChI is InChI=1S/C18H36N2/c1-5-12-19-17(18(2,3)4)11-14-20-13-10-15-8-6-7-9-16(15)20/h15-17,19H,5-14H2,1-4H3. The van der Waals surface area contributed by atoms with E-state index in [4.69, 9.17) is 0 Å². The second-order valence-corrected chi connectivity index (χ2v) is 8.10. The van der Waals surface area contributed by atoms with Crippen LogP contribution in [0.3, 0.4) is 0 Å². The Morgan fingerprint density at radius 1 is 1.15 bits per heavy atom. The fraction of sp³-hybridized carbons (Fsp3) is 1.00. The van der Waals surface area contributed by atoms with Crippen molar-refractivity contribution in [1.29, 1.82) is 0 Å². The van der Waals surface area contributed by atoms with Gasteiger partial charge in [-0.1, -0.05) is 40.5 Å². The highest BCUT2D eigenvalue weighted by Crippen LogP contribution is 2.36. The van der Waals surface area contributed by atoms with Crippen LogP contribution in [0.25, 0.3) is 0 Å². The van der Waals surface area contributed by atoms with Gasteiger partial charge >= 0.3 is 0 Å². The van der Waals surface area contributed by atoms with Gasteiger partial charge in [-0.25, -0.2) is 0 Å². The average Bonchev–Trinajstić information content (AvgIpc) is 2.81. The lowest BCUT2D eigenvalue weighted by Crippen LogP contribution is -2.44. The Labute approximate surface area is 126 Å². The molecule has 2 heteroatoms. The number of nitrogens with zero attached hydrogens (tertiary/aromatic N) is 1. The lowest BCUT2D eigenvalue weighted by molar-refractivity contribution is 0.158. The first-order valence-electron chi connectivity index (χ1n) is 8.99. The molecule has 1 N–H and O–H groups in total. The third-order valence-electron chi connectivity index (χ3n) is 5.52. The highest BCUT2D eigenvalue weighted by atomic mass is 15.2. The maximum atomic E-state index is 3.78. The van der Waals surface area contributed by atoms with Crippen molar-refractivity contribution in [3.8, 4) is 0 Å². The van der Waals surface area contributed by atoms with Crippen LogP contribution in [0.1, 0.15) is 72.6 Å². The molecule has 0 spiro atoms. The Bertz CT molecular complexity index is 282. The summed E-state index contributed by atoms with van der Waals surface area (Å²) < 4.78 is 0. The SMILES string of the molecule is CCCNC(CCN1CCC2CCCCC21)C(C)(C)C. The minimum Gasteiger partial charge on any atom is -0.313 e. The molecule has 2 rings (SSSR count). The van der Waals surface area contributed by atoms with Crippen LogP contribution in [0.5, 0.6) is 0 Å². The van der Waals surface area contributed by atoms with E-state index < -0.39 is 0 Å². The monoisotopic (exact) mass is 280 g/mol. The molecule has 20 heavy (non-hydrogen) atoms. The predicted octanol–water partition coefficient (Wildman–Crippen LogP) is 4.06. The zero-order chi connectivity index (χ0) is 14.6. The highest BCUT2D eigenvalue weighted by Gasteiger charge is 2.36. The quantitative estimate of drug-likeness (QED) is 0.789. The Hall–Kier alpha value is -0.0800. The molecule has 2 nitrogen and oxygen atoms in total. The van der Waals surface area contributed by atoms with E-state index >= 15 is 0 Å². The molecule has 3 atom stereocenters.